The van der Waals surface area contributed by atoms with Crippen molar-refractivity contribution in [3.8, 4) is 11.3 Å². The van der Waals surface area contributed by atoms with Gasteiger partial charge in [-0.25, -0.2) is 13.8 Å². The van der Waals surface area contributed by atoms with Crippen molar-refractivity contribution in [2.24, 2.45) is 0 Å². The monoisotopic (exact) mass is 322 g/mol. The van der Waals surface area contributed by atoms with Crippen LogP contribution in [0.15, 0.2) is 41.1 Å². The van der Waals surface area contributed by atoms with Crippen LogP contribution in [0.3, 0.4) is 0 Å². The quantitative estimate of drug-likeness (QED) is 0.651. The zero-order chi connectivity index (χ0) is 13.6. The van der Waals surface area contributed by atoms with Gasteiger partial charge in [-0.2, -0.15) is 0 Å². The first-order valence-corrected chi connectivity index (χ1v) is 6.45. The van der Waals surface area contributed by atoms with E-state index in [1.54, 1.807) is 16.8 Å². The molecule has 0 N–H and O–H groups in total. The van der Waals surface area contributed by atoms with Crippen molar-refractivity contribution in [1.29, 1.82) is 0 Å². The van der Waals surface area contributed by atoms with E-state index in [4.69, 9.17) is 0 Å². The summed E-state index contributed by atoms with van der Waals surface area (Å²) in [6, 6.07) is 6.05. The average molecular weight is 323 g/mol. The Morgan fingerprint density at radius 1 is 1.21 bits per heavy atom. The molecule has 19 heavy (non-hydrogen) atoms. The van der Waals surface area contributed by atoms with Crippen LogP contribution in [0.25, 0.3) is 16.9 Å². The van der Waals surface area contributed by atoms with Gasteiger partial charge in [0.25, 0.3) is 0 Å². The minimum Gasteiger partial charge on any atom is -0.306 e. The minimum absolute atomic E-state index is 0.165. The van der Waals surface area contributed by atoms with E-state index < -0.39 is 11.6 Å². The minimum atomic E-state index is -0.474. The Balaban J connectivity index is 2.25. The number of pyridine rings is 1. The number of aromatic nitrogens is 2. The first-order valence-electron chi connectivity index (χ1n) is 5.65. The summed E-state index contributed by atoms with van der Waals surface area (Å²) in [4.78, 5) is 4.32. The lowest BCUT2D eigenvalue weighted by atomic mass is 10.1. The highest BCUT2D eigenvalue weighted by Crippen LogP contribution is 2.27. The number of fused-ring (bicyclic) bond motifs is 1. The molecule has 2 aromatic heterocycles. The van der Waals surface area contributed by atoms with E-state index in [2.05, 4.69) is 20.9 Å². The SMILES string of the molecule is Cc1cc(F)c(-c2cn3cccc(Br)c3n2)cc1F. The molecule has 0 spiro atoms. The number of hydrogen-bond acceptors (Lipinski definition) is 1. The molecule has 0 fully saturated rings. The predicted octanol–water partition coefficient (Wildman–Crippen LogP) is 4.35. The van der Waals surface area contributed by atoms with Gasteiger partial charge in [0.1, 0.15) is 11.6 Å². The second kappa shape index (κ2) is 4.42. The first-order chi connectivity index (χ1) is 9.06. The summed E-state index contributed by atoms with van der Waals surface area (Å²) in [7, 11) is 0. The summed E-state index contributed by atoms with van der Waals surface area (Å²) >= 11 is 3.38. The van der Waals surface area contributed by atoms with E-state index in [-0.39, 0.29) is 11.1 Å². The van der Waals surface area contributed by atoms with Crippen molar-refractivity contribution >= 4 is 21.6 Å². The van der Waals surface area contributed by atoms with Gasteiger partial charge in [-0.15, -0.1) is 0 Å². The molecule has 0 saturated carbocycles. The maximum Gasteiger partial charge on any atom is 0.151 e. The van der Waals surface area contributed by atoms with Gasteiger partial charge in [0, 0.05) is 18.0 Å². The zero-order valence-electron chi connectivity index (χ0n) is 9.99. The summed E-state index contributed by atoms with van der Waals surface area (Å²) in [6.45, 7) is 1.53. The third-order valence-corrected chi connectivity index (χ3v) is 3.58. The number of nitrogens with zero attached hydrogens (tertiary/aromatic N) is 2. The van der Waals surface area contributed by atoms with Crippen LogP contribution in [-0.2, 0) is 0 Å². The molecule has 2 heterocycles. The predicted molar refractivity (Wildman–Crippen MR) is 73.0 cm³/mol. The Hall–Kier alpha value is -1.75. The van der Waals surface area contributed by atoms with E-state index >= 15 is 0 Å². The second-order valence-electron chi connectivity index (χ2n) is 4.29. The standard InChI is InChI=1S/C14H9BrF2N2/c1-8-5-12(17)9(6-11(8)16)13-7-19-4-2-3-10(15)14(19)18-13/h2-7H,1H3. The average Bonchev–Trinajstić information content (AvgIpc) is 2.79. The van der Waals surface area contributed by atoms with Crippen LogP contribution in [0.5, 0.6) is 0 Å². The third kappa shape index (κ3) is 2.04. The molecule has 0 radical (unpaired) electrons. The molecule has 0 atom stereocenters. The molecular weight excluding hydrogens is 314 g/mol. The number of hydrogen-bond donors (Lipinski definition) is 0. The number of benzene rings is 1. The van der Waals surface area contributed by atoms with Crippen LogP contribution in [0.1, 0.15) is 5.56 Å². The van der Waals surface area contributed by atoms with Crippen LogP contribution in [-0.4, -0.2) is 9.38 Å². The second-order valence-corrected chi connectivity index (χ2v) is 5.15. The third-order valence-electron chi connectivity index (χ3n) is 2.96. The lowest BCUT2D eigenvalue weighted by Crippen LogP contribution is -1.90. The molecule has 2 nitrogen and oxygen atoms in total. The molecular formula is C14H9BrF2N2. The smallest absolute Gasteiger partial charge is 0.151 e. The Kier molecular flexibility index (Phi) is 2.86. The van der Waals surface area contributed by atoms with Gasteiger partial charge in [-0.3, -0.25) is 0 Å². The summed E-state index contributed by atoms with van der Waals surface area (Å²) in [5, 5.41) is 0. The summed E-state index contributed by atoms with van der Waals surface area (Å²) in [5.74, 6) is -0.911. The number of aryl methyl sites for hydroxylation is 1. The Morgan fingerprint density at radius 3 is 2.74 bits per heavy atom. The Labute approximate surface area is 116 Å². The Bertz CT molecular complexity index is 780. The first kappa shape index (κ1) is 12.3. The molecule has 0 amide bonds. The lowest BCUT2D eigenvalue weighted by Gasteiger charge is -2.02. The molecule has 1 aromatic carbocycles. The van der Waals surface area contributed by atoms with Crippen LogP contribution >= 0.6 is 15.9 Å². The van der Waals surface area contributed by atoms with E-state index in [0.29, 0.717) is 11.3 Å². The summed E-state index contributed by atoms with van der Waals surface area (Å²) in [5.41, 5.74) is 1.52. The molecule has 3 aromatic rings. The normalized spacial score (nSPS) is 11.2. The van der Waals surface area contributed by atoms with Crippen molar-refractivity contribution in [1.82, 2.24) is 9.38 Å². The van der Waals surface area contributed by atoms with Gasteiger partial charge in [0.05, 0.1) is 10.2 Å². The largest absolute Gasteiger partial charge is 0.306 e. The van der Waals surface area contributed by atoms with Gasteiger partial charge < -0.3 is 4.40 Å². The highest BCUT2D eigenvalue weighted by atomic mass is 79.9. The highest BCUT2D eigenvalue weighted by molar-refractivity contribution is 9.10. The molecule has 3 rings (SSSR count). The zero-order valence-corrected chi connectivity index (χ0v) is 11.6. The molecule has 96 valence electrons. The van der Waals surface area contributed by atoms with E-state index in [1.807, 2.05) is 12.1 Å². The van der Waals surface area contributed by atoms with Gasteiger partial charge in [-0.05, 0) is 52.7 Å². The molecule has 0 aliphatic carbocycles. The molecule has 0 bridgehead atoms. The van der Waals surface area contributed by atoms with E-state index in [0.717, 1.165) is 4.47 Å². The van der Waals surface area contributed by atoms with Crippen molar-refractivity contribution < 1.29 is 8.78 Å². The highest BCUT2D eigenvalue weighted by Gasteiger charge is 2.13. The molecule has 5 heteroatoms. The fourth-order valence-corrected chi connectivity index (χ4v) is 2.40. The summed E-state index contributed by atoms with van der Waals surface area (Å²) < 4.78 is 30.0. The van der Waals surface area contributed by atoms with E-state index in [9.17, 15) is 8.78 Å². The number of halogens is 3. The van der Waals surface area contributed by atoms with Gasteiger partial charge in [-0.1, -0.05) is 0 Å². The molecule has 0 saturated heterocycles. The van der Waals surface area contributed by atoms with Crippen LogP contribution < -0.4 is 0 Å². The topological polar surface area (TPSA) is 17.3 Å². The van der Waals surface area contributed by atoms with Crippen molar-refractivity contribution in [3.63, 3.8) is 0 Å². The fraction of sp³-hybridized carbons (Fsp3) is 0.0714. The fourth-order valence-electron chi connectivity index (χ4n) is 1.95. The van der Waals surface area contributed by atoms with Gasteiger partial charge in [0.15, 0.2) is 5.65 Å². The molecule has 0 aliphatic heterocycles. The van der Waals surface area contributed by atoms with Gasteiger partial charge >= 0.3 is 0 Å². The Morgan fingerprint density at radius 2 is 2.00 bits per heavy atom. The number of imidazole rings is 1. The van der Waals surface area contributed by atoms with Crippen LogP contribution in [0, 0.1) is 18.6 Å². The molecule has 0 aliphatic rings. The van der Waals surface area contributed by atoms with Gasteiger partial charge in [0.2, 0.25) is 0 Å². The van der Waals surface area contributed by atoms with Crippen molar-refractivity contribution in [3.05, 3.63) is 58.3 Å². The van der Waals surface area contributed by atoms with Crippen LogP contribution in [0.2, 0.25) is 0 Å². The number of rotatable bonds is 1. The van der Waals surface area contributed by atoms with Crippen LogP contribution in [0.4, 0.5) is 8.78 Å². The van der Waals surface area contributed by atoms with Crippen molar-refractivity contribution in [2.45, 2.75) is 6.92 Å². The van der Waals surface area contributed by atoms with Crippen molar-refractivity contribution in [2.75, 3.05) is 0 Å². The lowest BCUT2D eigenvalue weighted by molar-refractivity contribution is 0.595. The summed E-state index contributed by atoms with van der Waals surface area (Å²) in [6.07, 6.45) is 3.48. The maximum absolute atomic E-state index is 13.9. The molecule has 0 unspecified atom stereocenters. The maximum atomic E-state index is 13.9. The van der Waals surface area contributed by atoms with E-state index in [1.165, 1.54) is 19.1 Å².